The molecule has 1 saturated carbocycles. The molecule has 1 aliphatic rings. The van der Waals surface area contributed by atoms with Crippen LogP contribution in [0.5, 0.6) is 0 Å². The zero-order valence-electron chi connectivity index (χ0n) is 13.7. The standard InChI is InChI=1S/C16H19N5OS2/c1-3-13-17-15(22-20-13)10(2)24-16-19-18-14(21(16)11-6-7-11)9-12-5-4-8-23-12/h4-5,8,10-11H,3,6-7,9H2,1-2H3. The van der Waals surface area contributed by atoms with Crippen molar-refractivity contribution >= 4 is 23.1 Å². The molecule has 0 aliphatic heterocycles. The molecule has 0 N–H and O–H groups in total. The quantitative estimate of drug-likeness (QED) is 0.591. The van der Waals surface area contributed by atoms with Crippen LogP contribution in [0.2, 0.25) is 0 Å². The fourth-order valence-corrected chi connectivity index (χ4v) is 4.23. The van der Waals surface area contributed by atoms with Crippen molar-refractivity contribution in [2.24, 2.45) is 0 Å². The van der Waals surface area contributed by atoms with Gasteiger partial charge in [-0.3, -0.25) is 0 Å². The van der Waals surface area contributed by atoms with Crippen molar-refractivity contribution in [2.75, 3.05) is 0 Å². The molecular weight excluding hydrogens is 342 g/mol. The van der Waals surface area contributed by atoms with Gasteiger partial charge in [0.1, 0.15) is 5.82 Å². The molecule has 126 valence electrons. The topological polar surface area (TPSA) is 69.6 Å². The van der Waals surface area contributed by atoms with E-state index < -0.39 is 0 Å². The van der Waals surface area contributed by atoms with Crippen LogP contribution in [0.1, 0.15) is 60.4 Å². The number of aryl methyl sites for hydroxylation is 1. The molecule has 3 aromatic heterocycles. The molecule has 3 heterocycles. The van der Waals surface area contributed by atoms with Crippen LogP contribution in [0.3, 0.4) is 0 Å². The van der Waals surface area contributed by atoms with Crippen LogP contribution < -0.4 is 0 Å². The minimum absolute atomic E-state index is 0.0640. The van der Waals surface area contributed by atoms with Gasteiger partial charge in [0, 0.05) is 23.8 Å². The van der Waals surface area contributed by atoms with Crippen LogP contribution in [-0.2, 0) is 12.8 Å². The molecule has 3 aromatic rings. The van der Waals surface area contributed by atoms with Crippen molar-refractivity contribution in [3.8, 4) is 0 Å². The van der Waals surface area contributed by atoms with Gasteiger partial charge in [-0.15, -0.1) is 21.5 Å². The Hall–Kier alpha value is -1.67. The third-order valence-corrected chi connectivity index (χ3v) is 5.91. The lowest BCUT2D eigenvalue weighted by Crippen LogP contribution is -2.04. The summed E-state index contributed by atoms with van der Waals surface area (Å²) in [6, 6.07) is 4.77. The summed E-state index contributed by atoms with van der Waals surface area (Å²) in [6.45, 7) is 4.09. The largest absolute Gasteiger partial charge is 0.338 e. The second kappa shape index (κ2) is 6.68. The van der Waals surface area contributed by atoms with Crippen molar-refractivity contribution in [1.29, 1.82) is 0 Å². The van der Waals surface area contributed by atoms with Crippen LogP contribution >= 0.6 is 23.1 Å². The summed E-state index contributed by atoms with van der Waals surface area (Å²) in [4.78, 5) is 5.75. The van der Waals surface area contributed by atoms with E-state index >= 15 is 0 Å². The van der Waals surface area contributed by atoms with Crippen molar-refractivity contribution < 1.29 is 4.52 Å². The number of aromatic nitrogens is 5. The van der Waals surface area contributed by atoms with E-state index in [0.717, 1.165) is 29.6 Å². The second-order valence-corrected chi connectivity index (χ2v) is 8.26. The molecule has 1 fully saturated rings. The molecule has 0 radical (unpaired) electrons. The Labute approximate surface area is 148 Å². The number of hydrogen-bond donors (Lipinski definition) is 0. The van der Waals surface area contributed by atoms with Gasteiger partial charge in [0.05, 0.1) is 5.25 Å². The fraction of sp³-hybridized carbons (Fsp3) is 0.500. The van der Waals surface area contributed by atoms with Gasteiger partial charge in [-0.05, 0) is 31.2 Å². The van der Waals surface area contributed by atoms with E-state index in [1.807, 2.05) is 6.92 Å². The molecule has 0 saturated heterocycles. The summed E-state index contributed by atoms with van der Waals surface area (Å²) in [5.41, 5.74) is 0. The lowest BCUT2D eigenvalue weighted by atomic mass is 10.3. The minimum atomic E-state index is 0.0640. The smallest absolute Gasteiger partial charge is 0.239 e. The summed E-state index contributed by atoms with van der Waals surface area (Å²) >= 11 is 3.41. The Bertz CT molecular complexity index is 806. The van der Waals surface area contributed by atoms with E-state index in [9.17, 15) is 0 Å². The van der Waals surface area contributed by atoms with E-state index in [0.29, 0.717) is 11.9 Å². The van der Waals surface area contributed by atoms with Crippen LogP contribution in [0.4, 0.5) is 0 Å². The minimum Gasteiger partial charge on any atom is -0.338 e. The lowest BCUT2D eigenvalue weighted by Gasteiger charge is -2.10. The van der Waals surface area contributed by atoms with E-state index in [2.05, 4.69) is 49.3 Å². The normalized spacial score (nSPS) is 15.8. The maximum absolute atomic E-state index is 5.36. The Morgan fingerprint density at radius 2 is 2.29 bits per heavy atom. The van der Waals surface area contributed by atoms with Crippen LogP contribution in [0, 0.1) is 0 Å². The van der Waals surface area contributed by atoms with Crippen LogP contribution in [-0.4, -0.2) is 24.9 Å². The first-order valence-electron chi connectivity index (χ1n) is 8.20. The van der Waals surface area contributed by atoms with Gasteiger partial charge < -0.3 is 9.09 Å². The average Bonchev–Trinajstić information content (AvgIpc) is 3.02. The lowest BCUT2D eigenvalue weighted by molar-refractivity contribution is 0.375. The van der Waals surface area contributed by atoms with Gasteiger partial charge in [0.25, 0.3) is 0 Å². The van der Waals surface area contributed by atoms with Gasteiger partial charge in [-0.25, -0.2) is 0 Å². The van der Waals surface area contributed by atoms with Crippen molar-refractivity contribution in [3.63, 3.8) is 0 Å². The first kappa shape index (κ1) is 15.8. The molecule has 0 spiro atoms. The molecule has 8 heteroatoms. The van der Waals surface area contributed by atoms with Gasteiger partial charge in [-0.1, -0.05) is 29.9 Å². The van der Waals surface area contributed by atoms with Gasteiger partial charge in [0.15, 0.2) is 11.0 Å². The van der Waals surface area contributed by atoms with Crippen LogP contribution in [0.15, 0.2) is 27.2 Å². The molecule has 24 heavy (non-hydrogen) atoms. The number of thioether (sulfide) groups is 1. The Balaban J connectivity index is 1.55. The van der Waals surface area contributed by atoms with Gasteiger partial charge in [-0.2, -0.15) is 4.98 Å². The monoisotopic (exact) mass is 361 g/mol. The molecule has 4 rings (SSSR count). The third kappa shape index (κ3) is 3.25. The molecule has 1 atom stereocenters. The summed E-state index contributed by atoms with van der Waals surface area (Å²) in [6.07, 6.45) is 4.04. The number of thiophene rings is 1. The molecule has 1 aliphatic carbocycles. The molecule has 0 bridgehead atoms. The molecule has 0 aromatic carbocycles. The first-order valence-corrected chi connectivity index (χ1v) is 9.95. The first-order chi connectivity index (χ1) is 11.7. The van der Waals surface area contributed by atoms with E-state index in [1.54, 1.807) is 23.1 Å². The predicted molar refractivity (Wildman–Crippen MR) is 93.4 cm³/mol. The van der Waals surface area contributed by atoms with Crippen LogP contribution in [0.25, 0.3) is 0 Å². The summed E-state index contributed by atoms with van der Waals surface area (Å²) in [7, 11) is 0. The summed E-state index contributed by atoms with van der Waals surface area (Å²) in [5.74, 6) is 2.45. The van der Waals surface area contributed by atoms with Crippen molar-refractivity contribution in [3.05, 3.63) is 39.9 Å². The molecule has 0 amide bonds. The zero-order chi connectivity index (χ0) is 16.5. The SMILES string of the molecule is CCc1noc(C(C)Sc2nnc(Cc3cccs3)n2C2CC2)n1. The third-order valence-electron chi connectivity index (χ3n) is 3.99. The molecule has 1 unspecified atom stereocenters. The Kier molecular flexibility index (Phi) is 4.41. The highest BCUT2D eigenvalue weighted by molar-refractivity contribution is 7.99. The van der Waals surface area contributed by atoms with Crippen molar-refractivity contribution in [1.82, 2.24) is 24.9 Å². The summed E-state index contributed by atoms with van der Waals surface area (Å²) in [5, 5.41) is 16.0. The van der Waals surface area contributed by atoms with E-state index in [-0.39, 0.29) is 5.25 Å². The highest BCUT2D eigenvalue weighted by Crippen LogP contribution is 2.42. The summed E-state index contributed by atoms with van der Waals surface area (Å²) < 4.78 is 7.66. The Morgan fingerprint density at radius 1 is 1.42 bits per heavy atom. The molecule has 6 nitrogen and oxygen atoms in total. The highest BCUT2D eigenvalue weighted by Gasteiger charge is 2.31. The maximum Gasteiger partial charge on any atom is 0.239 e. The zero-order valence-corrected chi connectivity index (χ0v) is 15.3. The Morgan fingerprint density at radius 3 is 2.96 bits per heavy atom. The number of rotatable bonds is 7. The number of hydrogen-bond acceptors (Lipinski definition) is 7. The number of nitrogens with zero attached hydrogens (tertiary/aromatic N) is 5. The van der Waals surface area contributed by atoms with Gasteiger partial charge >= 0.3 is 0 Å². The molecular formula is C16H19N5OS2. The van der Waals surface area contributed by atoms with E-state index in [4.69, 9.17) is 4.52 Å². The fourth-order valence-electron chi connectivity index (χ4n) is 2.56. The van der Waals surface area contributed by atoms with Crippen molar-refractivity contribution in [2.45, 2.75) is 56.0 Å². The average molecular weight is 361 g/mol. The maximum atomic E-state index is 5.36. The highest BCUT2D eigenvalue weighted by atomic mass is 32.2. The predicted octanol–water partition coefficient (Wildman–Crippen LogP) is 4.06. The van der Waals surface area contributed by atoms with Gasteiger partial charge in [0.2, 0.25) is 5.89 Å². The second-order valence-electron chi connectivity index (χ2n) is 5.92. The van der Waals surface area contributed by atoms with E-state index in [1.165, 1.54) is 17.7 Å².